The fourth-order valence-corrected chi connectivity index (χ4v) is 3.22. The maximum absolute atomic E-state index is 12.4. The number of carbonyl (C=O) groups excluding carboxylic acids is 1. The van der Waals surface area contributed by atoms with E-state index in [9.17, 15) is 14.9 Å². The molecule has 110 valence electrons. The van der Waals surface area contributed by atoms with Crippen LogP contribution in [0.1, 0.15) is 29.4 Å². The summed E-state index contributed by atoms with van der Waals surface area (Å²) in [6.45, 7) is 5.32. The summed E-state index contributed by atoms with van der Waals surface area (Å²) in [5.74, 6) is 0.430. The molecule has 0 aliphatic carbocycles. The highest BCUT2D eigenvalue weighted by atomic mass is 32.1. The summed E-state index contributed by atoms with van der Waals surface area (Å²) in [4.78, 5) is 24.9. The van der Waals surface area contributed by atoms with E-state index in [0.717, 1.165) is 43.8 Å². The minimum absolute atomic E-state index is 0.0197. The first-order valence-corrected chi connectivity index (χ1v) is 7.67. The molecule has 0 spiro atoms. The van der Waals surface area contributed by atoms with Crippen molar-refractivity contribution in [3.63, 3.8) is 0 Å². The molecule has 1 aromatic heterocycles. The molecule has 0 radical (unpaired) electrons. The number of hydrogen-bond acceptors (Lipinski definition) is 5. The van der Waals surface area contributed by atoms with E-state index >= 15 is 0 Å². The van der Waals surface area contributed by atoms with Crippen molar-refractivity contribution in [3.05, 3.63) is 27.1 Å². The number of hydrogen-bond donors (Lipinski definition) is 1. The van der Waals surface area contributed by atoms with Gasteiger partial charge in [-0.2, -0.15) is 0 Å². The van der Waals surface area contributed by atoms with Crippen LogP contribution in [-0.2, 0) is 0 Å². The minimum atomic E-state index is -0.454. The number of nitrogens with zero attached hydrogens (tertiary/aromatic N) is 2. The van der Waals surface area contributed by atoms with Gasteiger partial charge in [0.15, 0.2) is 0 Å². The molecule has 1 saturated heterocycles. The molecule has 1 aliphatic heterocycles. The Hall–Kier alpha value is -1.47. The van der Waals surface area contributed by atoms with E-state index in [-0.39, 0.29) is 10.9 Å². The Bertz CT molecular complexity index is 483. The lowest BCUT2D eigenvalue weighted by Gasteiger charge is -2.29. The number of thiophene rings is 1. The van der Waals surface area contributed by atoms with Gasteiger partial charge in [-0.25, -0.2) is 0 Å². The van der Waals surface area contributed by atoms with Crippen molar-refractivity contribution in [2.45, 2.75) is 19.8 Å². The van der Waals surface area contributed by atoms with Crippen molar-refractivity contribution < 1.29 is 9.72 Å². The van der Waals surface area contributed by atoms with E-state index in [0.29, 0.717) is 17.3 Å². The number of rotatable bonds is 5. The first-order valence-electron chi connectivity index (χ1n) is 6.86. The second-order valence-corrected chi connectivity index (χ2v) is 5.99. The van der Waals surface area contributed by atoms with Crippen molar-refractivity contribution in [3.8, 4) is 0 Å². The van der Waals surface area contributed by atoms with Crippen LogP contribution in [0.5, 0.6) is 0 Å². The van der Waals surface area contributed by atoms with Gasteiger partial charge in [-0.1, -0.05) is 11.3 Å². The van der Waals surface area contributed by atoms with Crippen molar-refractivity contribution in [2.75, 3.05) is 26.2 Å². The smallest absolute Gasteiger partial charge is 0.324 e. The molecule has 0 saturated carbocycles. The Morgan fingerprint density at radius 1 is 1.50 bits per heavy atom. The number of nitro groups is 1. The molecule has 1 amide bonds. The Kier molecular flexibility index (Phi) is 5.08. The van der Waals surface area contributed by atoms with Crippen molar-refractivity contribution in [1.82, 2.24) is 10.2 Å². The third-order valence-electron chi connectivity index (χ3n) is 3.59. The Labute approximate surface area is 121 Å². The maximum atomic E-state index is 12.4. The molecule has 0 atom stereocenters. The maximum Gasteiger partial charge on any atom is 0.324 e. The van der Waals surface area contributed by atoms with Crippen LogP contribution < -0.4 is 5.32 Å². The molecule has 2 heterocycles. The first-order chi connectivity index (χ1) is 9.61. The molecular formula is C13H19N3O3S. The molecule has 1 aliphatic rings. The Morgan fingerprint density at radius 2 is 2.20 bits per heavy atom. The van der Waals surface area contributed by atoms with E-state index in [1.165, 1.54) is 6.07 Å². The number of carbonyl (C=O) groups is 1. The van der Waals surface area contributed by atoms with E-state index in [2.05, 4.69) is 5.32 Å². The van der Waals surface area contributed by atoms with Gasteiger partial charge in [-0.05, 0) is 44.8 Å². The predicted molar refractivity (Wildman–Crippen MR) is 78.1 cm³/mol. The quantitative estimate of drug-likeness (QED) is 0.667. The zero-order valence-corrected chi connectivity index (χ0v) is 12.3. The normalized spacial score (nSPS) is 16.1. The lowest BCUT2D eigenvalue weighted by Crippen LogP contribution is -2.39. The van der Waals surface area contributed by atoms with Gasteiger partial charge in [0.1, 0.15) is 0 Å². The van der Waals surface area contributed by atoms with E-state index in [1.807, 2.05) is 6.92 Å². The molecule has 2 rings (SSSR count). The van der Waals surface area contributed by atoms with Gasteiger partial charge in [0.05, 0.1) is 9.80 Å². The molecule has 20 heavy (non-hydrogen) atoms. The van der Waals surface area contributed by atoms with Gasteiger partial charge in [-0.15, -0.1) is 0 Å². The molecule has 1 N–H and O–H groups in total. The SMILES string of the molecule is CCN(CC1CCNCC1)C(=O)c1ccc([N+](=O)[O-])s1. The summed E-state index contributed by atoms with van der Waals surface area (Å²) >= 11 is 0.952. The molecular weight excluding hydrogens is 278 g/mol. The molecule has 6 nitrogen and oxygen atoms in total. The summed E-state index contributed by atoms with van der Waals surface area (Å²) < 4.78 is 0. The monoisotopic (exact) mass is 297 g/mol. The summed E-state index contributed by atoms with van der Waals surface area (Å²) in [6, 6.07) is 2.95. The van der Waals surface area contributed by atoms with Crippen LogP contribution in [0.2, 0.25) is 0 Å². The Balaban J connectivity index is 2.01. The van der Waals surface area contributed by atoms with Crippen molar-refractivity contribution in [2.24, 2.45) is 5.92 Å². The molecule has 7 heteroatoms. The van der Waals surface area contributed by atoms with Crippen molar-refractivity contribution in [1.29, 1.82) is 0 Å². The standard InChI is InChI=1S/C13H19N3O3S/c1-2-15(9-10-5-7-14-8-6-10)13(17)11-3-4-12(20-11)16(18)19/h3-4,10,14H,2,5-9H2,1H3. The molecule has 1 fully saturated rings. The molecule has 0 unspecified atom stereocenters. The zero-order valence-electron chi connectivity index (χ0n) is 11.5. The third kappa shape index (κ3) is 3.55. The number of nitrogens with one attached hydrogen (secondary N) is 1. The average molecular weight is 297 g/mol. The van der Waals surface area contributed by atoms with E-state index in [4.69, 9.17) is 0 Å². The molecule has 1 aromatic rings. The summed E-state index contributed by atoms with van der Waals surface area (Å²) in [5, 5.41) is 14.0. The fourth-order valence-electron chi connectivity index (χ4n) is 2.43. The lowest BCUT2D eigenvalue weighted by atomic mass is 9.97. The molecule has 0 aromatic carbocycles. The zero-order chi connectivity index (χ0) is 14.5. The predicted octanol–water partition coefficient (Wildman–Crippen LogP) is 2.12. The van der Waals surface area contributed by atoms with Crippen LogP contribution in [0.25, 0.3) is 0 Å². The largest absolute Gasteiger partial charge is 0.338 e. The second-order valence-electron chi connectivity index (χ2n) is 4.93. The van der Waals surface area contributed by atoms with E-state index in [1.54, 1.807) is 11.0 Å². The first kappa shape index (κ1) is 14.9. The minimum Gasteiger partial charge on any atom is -0.338 e. The number of piperidine rings is 1. The van der Waals surface area contributed by atoms with Gasteiger partial charge in [0.25, 0.3) is 5.91 Å². The van der Waals surface area contributed by atoms with Crippen LogP contribution in [-0.4, -0.2) is 41.9 Å². The summed E-state index contributed by atoms with van der Waals surface area (Å²) in [7, 11) is 0. The van der Waals surface area contributed by atoms with Crippen LogP contribution in [0.4, 0.5) is 5.00 Å². The van der Waals surface area contributed by atoms with Gasteiger partial charge < -0.3 is 10.2 Å². The van der Waals surface area contributed by atoms with Gasteiger partial charge >= 0.3 is 5.00 Å². The van der Waals surface area contributed by atoms with Crippen LogP contribution >= 0.6 is 11.3 Å². The average Bonchev–Trinajstić information content (AvgIpc) is 2.95. The van der Waals surface area contributed by atoms with E-state index < -0.39 is 4.92 Å². The highest BCUT2D eigenvalue weighted by Crippen LogP contribution is 2.25. The Morgan fingerprint density at radius 3 is 2.75 bits per heavy atom. The molecule has 0 bridgehead atoms. The van der Waals surface area contributed by atoms with Gasteiger partial charge in [-0.3, -0.25) is 14.9 Å². The second kappa shape index (κ2) is 6.81. The van der Waals surface area contributed by atoms with Gasteiger partial charge in [0, 0.05) is 19.2 Å². The summed E-state index contributed by atoms with van der Waals surface area (Å²) in [5.41, 5.74) is 0. The van der Waals surface area contributed by atoms with Crippen LogP contribution in [0.15, 0.2) is 12.1 Å². The fraction of sp³-hybridized carbons (Fsp3) is 0.615. The highest BCUT2D eigenvalue weighted by molar-refractivity contribution is 7.17. The number of amides is 1. The lowest BCUT2D eigenvalue weighted by molar-refractivity contribution is -0.380. The van der Waals surface area contributed by atoms with Crippen LogP contribution in [0.3, 0.4) is 0 Å². The van der Waals surface area contributed by atoms with Crippen molar-refractivity contribution >= 4 is 22.2 Å². The van der Waals surface area contributed by atoms with Crippen LogP contribution in [0, 0.1) is 16.0 Å². The highest BCUT2D eigenvalue weighted by Gasteiger charge is 2.23. The van der Waals surface area contributed by atoms with Gasteiger partial charge in [0.2, 0.25) is 0 Å². The topological polar surface area (TPSA) is 75.5 Å². The summed E-state index contributed by atoms with van der Waals surface area (Å²) in [6.07, 6.45) is 2.16. The third-order valence-corrected chi connectivity index (χ3v) is 4.61.